The molecule has 0 unspecified atom stereocenters. The Bertz CT molecular complexity index is 751. The van der Waals surface area contributed by atoms with Crippen LogP contribution in [0.1, 0.15) is 21.7 Å². The number of anilines is 2. The summed E-state index contributed by atoms with van der Waals surface area (Å²) in [5.41, 5.74) is 6.47. The van der Waals surface area contributed by atoms with Crippen LogP contribution in [-0.4, -0.2) is 40.1 Å². The maximum Gasteiger partial charge on any atom is 0.342 e. The van der Waals surface area contributed by atoms with Crippen molar-refractivity contribution < 1.29 is 14.6 Å². The third-order valence-corrected chi connectivity index (χ3v) is 3.45. The maximum atomic E-state index is 12.1. The van der Waals surface area contributed by atoms with Gasteiger partial charge >= 0.3 is 5.97 Å². The van der Waals surface area contributed by atoms with Crippen molar-refractivity contribution in [3.63, 3.8) is 0 Å². The lowest BCUT2D eigenvalue weighted by atomic mass is 10.1. The number of nitrogens with two attached hydrogens (primary N) is 1. The molecule has 2 aromatic rings. The molecule has 23 heavy (non-hydrogen) atoms. The van der Waals surface area contributed by atoms with Gasteiger partial charge < -0.3 is 20.5 Å². The smallest absolute Gasteiger partial charge is 0.342 e. The number of aromatic hydroxyl groups is 1. The summed E-state index contributed by atoms with van der Waals surface area (Å²) in [6, 6.07) is 3.23. The highest BCUT2D eigenvalue weighted by molar-refractivity contribution is 9.10. The van der Waals surface area contributed by atoms with Crippen molar-refractivity contribution in [3.05, 3.63) is 33.6 Å². The third-order valence-electron chi connectivity index (χ3n) is 2.85. The predicted octanol–water partition coefficient (Wildman–Crippen LogP) is 1.65. The quantitative estimate of drug-likeness (QED) is 0.768. The lowest BCUT2D eigenvalue weighted by Gasteiger charge is -2.12. The molecule has 0 fully saturated rings. The van der Waals surface area contributed by atoms with Gasteiger partial charge in [0.1, 0.15) is 11.3 Å². The molecule has 8 nitrogen and oxygen atoms in total. The molecule has 1 heterocycles. The molecule has 1 aromatic heterocycles. The number of benzene rings is 1. The minimum absolute atomic E-state index is 0.0379. The SMILES string of the molecule is Cc1cc(Br)c(O)c(C(=O)OCc2nc(N)nc(N(C)C)n2)c1. The first-order chi connectivity index (χ1) is 10.8. The Morgan fingerprint density at radius 1 is 1.35 bits per heavy atom. The number of aryl methyl sites for hydroxylation is 1. The summed E-state index contributed by atoms with van der Waals surface area (Å²) in [5, 5.41) is 9.93. The fraction of sp³-hybridized carbons (Fsp3) is 0.286. The van der Waals surface area contributed by atoms with Crippen molar-refractivity contribution in [2.24, 2.45) is 0 Å². The van der Waals surface area contributed by atoms with Crippen molar-refractivity contribution in [1.29, 1.82) is 0 Å². The Morgan fingerprint density at radius 3 is 2.70 bits per heavy atom. The summed E-state index contributed by atoms with van der Waals surface area (Å²) in [6.45, 7) is 1.62. The largest absolute Gasteiger partial charge is 0.506 e. The normalized spacial score (nSPS) is 10.4. The zero-order chi connectivity index (χ0) is 17.1. The van der Waals surface area contributed by atoms with Crippen LogP contribution in [0.2, 0.25) is 0 Å². The number of aromatic nitrogens is 3. The summed E-state index contributed by atoms with van der Waals surface area (Å²) in [6.07, 6.45) is 0. The minimum Gasteiger partial charge on any atom is -0.506 e. The zero-order valence-corrected chi connectivity index (χ0v) is 14.5. The van der Waals surface area contributed by atoms with E-state index in [4.69, 9.17) is 10.5 Å². The van der Waals surface area contributed by atoms with Crippen LogP contribution in [0.5, 0.6) is 5.75 Å². The van der Waals surface area contributed by atoms with E-state index in [0.717, 1.165) is 5.56 Å². The van der Waals surface area contributed by atoms with Gasteiger partial charge in [-0.25, -0.2) is 4.79 Å². The number of phenolic OH excluding ortho intramolecular Hbond substituents is 1. The van der Waals surface area contributed by atoms with Crippen LogP contribution in [0, 0.1) is 6.92 Å². The Hall–Kier alpha value is -2.42. The number of phenols is 1. The third kappa shape index (κ3) is 4.07. The molecule has 0 aliphatic rings. The van der Waals surface area contributed by atoms with Gasteiger partial charge in [0.15, 0.2) is 12.4 Å². The predicted molar refractivity (Wildman–Crippen MR) is 88.2 cm³/mol. The standard InChI is InChI=1S/C14H16BrN5O3/c1-7-4-8(11(21)9(15)5-7)12(22)23-6-10-17-13(16)19-14(18-10)20(2)3/h4-5,21H,6H2,1-3H3,(H2,16,17,18,19). The number of hydrogen-bond acceptors (Lipinski definition) is 8. The van der Waals surface area contributed by atoms with E-state index in [0.29, 0.717) is 10.4 Å². The molecule has 1 aromatic carbocycles. The number of nitrogens with zero attached hydrogens (tertiary/aromatic N) is 4. The van der Waals surface area contributed by atoms with Crippen molar-refractivity contribution >= 4 is 33.8 Å². The second kappa shape index (κ2) is 6.78. The van der Waals surface area contributed by atoms with Crippen LogP contribution in [-0.2, 0) is 11.3 Å². The fourth-order valence-electron chi connectivity index (χ4n) is 1.79. The molecule has 0 saturated carbocycles. The molecular formula is C14H16BrN5O3. The summed E-state index contributed by atoms with van der Waals surface area (Å²) < 4.78 is 5.57. The monoisotopic (exact) mass is 381 g/mol. The minimum atomic E-state index is -0.683. The molecule has 0 spiro atoms. The van der Waals surface area contributed by atoms with Gasteiger partial charge in [0.25, 0.3) is 0 Å². The summed E-state index contributed by atoms with van der Waals surface area (Å²) in [5.74, 6) is -0.233. The molecular weight excluding hydrogens is 366 g/mol. The number of carbonyl (C=O) groups is 1. The molecule has 122 valence electrons. The molecule has 0 bridgehead atoms. The molecule has 0 aliphatic carbocycles. The summed E-state index contributed by atoms with van der Waals surface area (Å²) >= 11 is 3.18. The number of hydrogen-bond donors (Lipinski definition) is 2. The van der Waals surface area contributed by atoms with Gasteiger partial charge in [-0.1, -0.05) is 0 Å². The van der Waals surface area contributed by atoms with Gasteiger partial charge in [-0.15, -0.1) is 0 Å². The molecule has 0 aliphatic heterocycles. The first-order valence-corrected chi connectivity index (χ1v) is 7.41. The van der Waals surface area contributed by atoms with Crippen LogP contribution in [0.3, 0.4) is 0 Å². The highest BCUT2D eigenvalue weighted by Crippen LogP contribution is 2.29. The zero-order valence-electron chi connectivity index (χ0n) is 12.9. The van der Waals surface area contributed by atoms with Crippen molar-refractivity contribution in [1.82, 2.24) is 15.0 Å². The van der Waals surface area contributed by atoms with Crippen LogP contribution >= 0.6 is 15.9 Å². The van der Waals surface area contributed by atoms with E-state index in [-0.39, 0.29) is 29.7 Å². The average molecular weight is 382 g/mol. The van der Waals surface area contributed by atoms with E-state index in [1.165, 1.54) is 6.07 Å². The second-order valence-corrected chi connectivity index (χ2v) is 5.88. The molecule has 0 atom stereocenters. The Kier molecular flexibility index (Phi) is 4.99. The van der Waals surface area contributed by atoms with Crippen LogP contribution < -0.4 is 10.6 Å². The van der Waals surface area contributed by atoms with E-state index in [2.05, 4.69) is 30.9 Å². The Labute approximate surface area is 141 Å². The average Bonchev–Trinajstić information content (AvgIpc) is 2.47. The first-order valence-electron chi connectivity index (χ1n) is 6.62. The van der Waals surface area contributed by atoms with Crippen molar-refractivity contribution in [2.75, 3.05) is 24.7 Å². The number of carbonyl (C=O) groups excluding carboxylic acids is 1. The molecule has 0 radical (unpaired) electrons. The van der Waals surface area contributed by atoms with Crippen molar-refractivity contribution in [3.8, 4) is 5.75 Å². The van der Waals surface area contributed by atoms with Gasteiger partial charge in [0, 0.05) is 14.1 Å². The van der Waals surface area contributed by atoms with E-state index >= 15 is 0 Å². The van der Waals surface area contributed by atoms with E-state index in [1.54, 1.807) is 32.0 Å². The van der Waals surface area contributed by atoms with Crippen molar-refractivity contribution in [2.45, 2.75) is 13.5 Å². The molecule has 0 saturated heterocycles. The van der Waals surface area contributed by atoms with Gasteiger partial charge in [0.2, 0.25) is 11.9 Å². The maximum absolute atomic E-state index is 12.1. The number of nitrogen functional groups attached to an aromatic ring is 1. The van der Waals surface area contributed by atoms with Gasteiger partial charge in [-0.05, 0) is 40.5 Å². The number of esters is 1. The molecule has 0 amide bonds. The number of ether oxygens (including phenoxy) is 1. The lowest BCUT2D eigenvalue weighted by Crippen LogP contribution is -2.17. The van der Waals surface area contributed by atoms with Gasteiger partial charge in [0.05, 0.1) is 4.47 Å². The fourth-order valence-corrected chi connectivity index (χ4v) is 2.36. The lowest BCUT2D eigenvalue weighted by molar-refractivity contribution is 0.0458. The summed E-state index contributed by atoms with van der Waals surface area (Å²) in [7, 11) is 3.51. The second-order valence-electron chi connectivity index (χ2n) is 5.02. The summed E-state index contributed by atoms with van der Waals surface area (Å²) in [4.78, 5) is 25.8. The number of rotatable bonds is 4. The Balaban J connectivity index is 2.17. The highest BCUT2D eigenvalue weighted by atomic mass is 79.9. The molecule has 3 N–H and O–H groups in total. The molecule has 2 rings (SSSR count). The number of halogens is 1. The van der Waals surface area contributed by atoms with E-state index < -0.39 is 5.97 Å². The van der Waals surface area contributed by atoms with Gasteiger partial charge in [-0.3, -0.25) is 0 Å². The Morgan fingerprint density at radius 2 is 2.04 bits per heavy atom. The van der Waals surface area contributed by atoms with E-state index in [1.807, 2.05) is 0 Å². The van der Waals surface area contributed by atoms with Gasteiger partial charge in [-0.2, -0.15) is 15.0 Å². The highest BCUT2D eigenvalue weighted by Gasteiger charge is 2.17. The topological polar surface area (TPSA) is 114 Å². The van der Waals surface area contributed by atoms with Crippen LogP contribution in [0.4, 0.5) is 11.9 Å². The first kappa shape index (κ1) is 16.9. The molecule has 9 heteroatoms. The van der Waals surface area contributed by atoms with Crippen LogP contribution in [0.15, 0.2) is 16.6 Å². The van der Waals surface area contributed by atoms with Crippen LogP contribution in [0.25, 0.3) is 0 Å². The van der Waals surface area contributed by atoms with E-state index in [9.17, 15) is 9.90 Å².